The molecule has 0 saturated carbocycles. The number of rotatable bonds is 1. The number of halogens is 1. The fourth-order valence-electron chi connectivity index (χ4n) is 0. The average molecular weight is 120 g/mol. The summed E-state index contributed by atoms with van der Waals surface area (Å²) in [5.41, 5.74) is 1.92. The Hall–Kier alpha value is 0.597. The summed E-state index contributed by atoms with van der Waals surface area (Å²) in [6, 6.07) is 0. The first-order valence-electron chi connectivity index (χ1n) is 1.12. The Morgan fingerprint density at radius 1 is 2.00 bits per heavy atom. The van der Waals surface area contributed by atoms with E-state index in [4.69, 9.17) is 0 Å². The third kappa shape index (κ3) is 6.60. The van der Waals surface area contributed by atoms with Gasteiger partial charge in [-0.05, 0) is 11.1 Å². The zero-order valence-electron chi connectivity index (χ0n) is 4.76. The van der Waals surface area contributed by atoms with Crippen LogP contribution in [-0.2, 0) is 11.1 Å². The summed E-state index contributed by atoms with van der Waals surface area (Å²) in [5.74, 6) is 0. The molecular formula is CH4FLiNO2S-. The second-order valence-corrected chi connectivity index (χ2v) is 1.58. The number of alkyl halides is 1. The largest absolute Gasteiger partial charge is 1.00 e. The predicted octanol–water partition coefficient (Wildman–Crippen LogP) is -3.81. The fraction of sp³-hybridized carbons (Fsp3) is 1.00. The van der Waals surface area contributed by atoms with Crippen LogP contribution in [0.25, 0.3) is 0 Å². The van der Waals surface area contributed by atoms with Crippen molar-refractivity contribution in [3.63, 3.8) is 0 Å². The van der Waals surface area contributed by atoms with Gasteiger partial charge in [0.25, 0.3) is 0 Å². The van der Waals surface area contributed by atoms with E-state index < -0.39 is 16.7 Å². The Balaban J connectivity index is -0.000000125. The molecule has 0 fully saturated rings. The summed E-state index contributed by atoms with van der Waals surface area (Å²) < 4.78 is 29.4. The van der Waals surface area contributed by atoms with Crippen molar-refractivity contribution in [1.82, 2.24) is 0 Å². The molecule has 0 rings (SSSR count). The summed E-state index contributed by atoms with van der Waals surface area (Å²) in [7, 11) is 0. The Morgan fingerprint density at radius 3 is 2.14 bits per heavy atom. The smallest absolute Gasteiger partial charge is 1.00 e. The van der Waals surface area contributed by atoms with Crippen LogP contribution in [0.15, 0.2) is 0 Å². The van der Waals surface area contributed by atoms with Crippen LogP contribution in [0, 0.1) is 0 Å². The van der Waals surface area contributed by atoms with E-state index in [1.54, 1.807) is 0 Å². The van der Waals surface area contributed by atoms with Gasteiger partial charge in [-0.25, -0.2) is 4.39 Å². The van der Waals surface area contributed by atoms with Crippen LogP contribution in [-0.4, -0.2) is 14.4 Å². The Morgan fingerprint density at radius 2 is 2.14 bits per heavy atom. The van der Waals surface area contributed by atoms with Gasteiger partial charge < -0.3 is 5.98 Å². The molecule has 7 heavy (non-hydrogen) atoms. The van der Waals surface area contributed by atoms with Crippen LogP contribution >= 0.6 is 0 Å². The molecule has 0 aromatic rings. The third-order valence-corrected chi connectivity index (χ3v) is 0.552. The second kappa shape index (κ2) is 4.75. The minimum absolute atomic E-state index is 0. The molecule has 0 saturated heterocycles. The molecule has 0 aromatic heterocycles. The molecular weight excluding hydrogens is 116 g/mol. The van der Waals surface area contributed by atoms with E-state index in [0.29, 0.717) is 0 Å². The minimum Gasteiger partial charge on any atom is -1.00 e. The van der Waals surface area contributed by atoms with Gasteiger partial charge in [0.05, 0.1) is 0 Å². The van der Waals surface area contributed by atoms with E-state index in [0.717, 1.165) is 0 Å². The van der Waals surface area contributed by atoms with Crippen molar-refractivity contribution < 1.29 is 33.4 Å². The molecule has 0 heterocycles. The first kappa shape index (κ1) is 10.6. The van der Waals surface area contributed by atoms with Gasteiger partial charge in [-0.2, -0.15) is 0 Å². The minimum atomic E-state index is -2.76. The van der Waals surface area contributed by atoms with Crippen LogP contribution < -0.4 is 24.6 Å². The van der Waals surface area contributed by atoms with E-state index in [2.05, 4.69) is 5.73 Å². The number of nitrogens with two attached hydrogens (primary N) is 1. The van der Waals surface area contributed by atoms with E-state index in [-0.39, 0.29) is 20.3 Å². The van der Waals surface area contributed by atoms with Gasteiger partial charge in [0.1, 0.15) is 0 Å². The van der Waals surface area contributed by atoms with Crippen molar-refractivity contribution in [2.75, 3.05) is 0 Å². The zero-order valence-corrected chi connectivity index (χ0v) is 4.57. The van der Waals surface area contributed by atoms with Gasteiger partial charge >= 0.3 is 18.9 Å². The SMILES string of the molecule is NC(F)S(=O)[O-].[H-].[Li+]. The van der Waals surface area contributed by atoms with E-state index in [1.165, 1.54) is 0 Å². The zero-order chi connectivity index (χ0) is 5.15. The normalized spacial score (nSPS) is 17.0. The van der Waals surface area contributed by atoms with Crippen molar-refractivity contribution in [1.29, 1.82) is 0 Å². The van der Waals surface area contributed by atoms with E-state index in [9.17, 15) is 13.2 Å². The van der Waals surface area contributed by atoms with Gasteiger partial charge in [0.15, 0.2) is 0 Å². The van der Waals surface area contributed by atoms with Gasteiger partial charge in [0, 0.05) is 0 Å². The molecule has 3 nitrogen and oxygen atoms in total. The maximum atomic E-state index is 11.0. The maximum Gasteiger partial charge on any atom is 1.00 e. The van der Waals surface area contributed by atoms with Crippen LogP contribution in [0.1, 0.15) is 1.43 Å². The monoisotopic (exact) mass is 120 g/mol. The molecule has 2 unspecified atom stereocenters. The van der Waals surface area contributed by atoms with Gasteiger partial charge in [-0.3, -0.25) is 9.94 Å². The van der Waals surface area contributed by atoms with Crippen molar-refractivity contribution in [2.45, 2.75) is 5.63 Å². The number of hydrogen-bond acceptors (Lipinski definition) is 3. The topological polar surface area (TPSA) is 66.2 Å². The van der Waals surface area contributed by atoms with Crippen LogP contribution in [0.5, 0.6) is 0 Å². The molecule has 2 N–H and O–H groups in total. The summed E-state index contributed by atoms with van der Waals surface area (Å²) >= 11 is -2.76. The molecule has 0 amide bonds. The number of hydrogen-bond donors (Lipinski definition) is 1. The molecule has 0 radical (unpaired) electrons. The molecule has 40 valence electrons. The van der Waals surface area contributed by atoms with Gasteiger partial charge in [-0.15, -0.1) is 0 Å². The van der Waals surface area contributed by atoms with Gasteiger partial charge in [-0.1, -0.05) is 0 Å². The maximum absolute atomic E-state index is 11.0. The molecule has 6 heteroatoms. The molecule has 0 aliphatic carbocycles. The molecule has 0 spiro atoms. The summed E-state index contributed by atoms with van der Waals surface area (Å²) in [6.45, 7) is 0. The molecule has 0 aromatic carbocycles. The van der Waals surface area contributed by atoms with Crippen LogP contribution in [0.3, 0.4) is 0 Å². The predicted molar refractivity (Wildman–Crippen MR) is 19.1 cm³/mol. The van der Waals surface area contributed by atoms with E-state index in [1.807, 2.05) is 0 Å². The Bertz CT molecular complexity index is 73.1. The van der Waals surface area contributed by atoms with Crippen molar-refractivity contribution in [2.24, 2.45) is 5.73 Å². The standard InChI is InChI=1S/CH4FNO2S.Li.H/c2-1(3)6(4)5;;/h1H,3H2,(H,4,5);;/q;+1;-1/p-1. The molecule has 0 aliphatic heterocycles. The van der Waals surface area contributed by atoms with Crippen molar-refractivity contribution in [3.8, 4) is 0 Å². The van der Waals surface area contributed by atoms with Crippen LogP contribution in [0.4, 0.5) is 4.39 Å². The summed E-state index contributed by atoms with van der Waals surface area (Å²) in [4.78, 5) is 0. The van der Waals surface area contributed by atoms with Crippen molar-refractivity contribution >= 4 is 11.1 Å². The third-order valence-electron chi connectivity index (χ3n) is 0.184. The first-order valence-corrected chi connectivity index (χ1v) is 2.26. The Labute approximate surface area is 56.4 Å². The van der Waals surface area contributed by atoms with Crippen molar-refractivity contribution in [3.05, 3.63) is 0 Å². The fourth-order valence-corrected chi connectivity index (χ4v) is 0. The summed E-state index contributed by atoms with van der Waals surface area (Å²) in [6.07, 6.45) is 0. The quantitative estimate of drug-likeness (QED) is 0.219. The second-order valence-electron chi connectivity index (χ2n) is 0.612. The summed E-state index contributed by atoms with van der Waals surface area (Å²) in [5, 5.41) is 0. The van der Waals surface area contributed by atoms with Gasteiger partial charge in [0.2, 0.25) is 5.63 Å². The molecule has 2 atom stereocenters. The average Bonchev–Trinajstić information content (AvgIpc) is 1.36. The van der Waals surface area contributed by atoms with Crippen LogP contribution in [0.2, 0.25) is 0 Å². The van der Waals surface area contributed by atoms with E-state index >= 15 is 0 Å². The molecule has 0 aliphatic rings. The Kier molecular flexibility index (Phi) is 7.16. The first-order chi connectivity index (χ1) is 2.64. The molecule has 0 bridgehead atoms.